The Morgan fingerprint density at radius 3 is 1.69 bits per heavy atom. The predicted molar refractivity (Wildman–Crippen MR) is 50.8 cm³/mol. The van der Waals surface area contributed by atoms with Gasteiger partial charge >= 0.3 is 11.9 Å². The van der Waals surface area contributed by atoms with Gasteiger partial charge in [-0.1, -0.05) is 0 Å². The second-order valence-electron chi connectivity index (χ2n) is 4.30. The van der Waals surface area contributed by atoms with Gasteiger partial charge in [-0.25, -0.2) is 0 Å². The van der Waals surface area contributed by atoms with Crippen molar-refractivity contribution in [2.45, 2.75) is 31.5 Å². The highest BCUT2D eigenvalue weighted by Crippen LogP contribution is 2.45. The Hall–Kier alpha value is -1.14. The third-order valence-corrected chi connectivity index (χ3v) is 3.50. The fraction of sp³-hybridized carbons (Fsp3) is 0.800. The van der Waals surface area contributed by atoms with Crippen molar-refractivity contribution in [3.63, 3.8) is 0 Å². The first-order valence-electron chi connectivity index (χ1n) is 5.26. The molecule has 1 saturated heterocycles. The van der Waals surface area contributed by atoms with E-state index in [2.05, 4.69) is 0 Å². The van der Waals surface area contributed by atoms with Crippen LogP contribution in [0.2, 0.25) is 0 Å². The van der Waals surface area contributed by atoms with E-state index in [9.17, 15) is 9.59 Å². The van der Waals surface area contributed by atoms with Gasteiger partial charge in [0.05, 0.1) is 13.2 Å². The third kappa shape index (κ3) is 1.58. The zero-order valence-corrected chi connectivity index (χ0v) is 8.77. The Morgan fingerprint density at radius 1 is 0.875 bits per heavy atom. The van der Waals surface area contributed by atoms with Gasteiger partial charge in [0.15, 0.2) is 11.2 Å². The van der Waals surface area contributed by atoms with E-state index in [0.717, 1.165) is 0 Å². The monoisotopic (exact) mass is 230 g/mol. The number of carboxylic acid groups (broad SMARTS) is 2. The predicted octanol–water partition coefficient (Wildman–Crippen LogP) is 0.459. The van der Waals surface area contributed by atoms with Crippen molar-refractivity contribution in [1.29, 1.82) is 0 Å². The van der Waals surface area contributed by atoms with Crippen molar-refractivity contribution in [1.82, 2.24) is 0 Å². The van der Waals surface area contributed by atoms with E-state index in [4.69, 9.17) is 19.7 Å². The summed E-state index contributed by atoms with van der Waals surface area (Å²) in [5.74, 6) is -3.27. The largest absolute Gasteiger partial charge is 0.480 e. The number of hydrogen-bond acceptors (Lipinski definition) is 4. The van der Waals surface area contributed by atoms with E-state index < -0.39 is 23.1 Å². The lowest BCUT2D eigenvalue weighted by atomic mass is 9.72. The van der Waals surface area contributed by atoms with Crippen LogP contribution in [0.15, 0.2) is 0 Å². The zero-order valence-electron chi connectivity index (χ0n) is 8.77. The van der Waals surface area contributed by atoms with Crippen LogP contribution in [0.3, 0.4) is 0 Å². The number of rotatable bonds is 2. The fourth-order valence-electron chi connectivity index (χ4n) is 2.36. The van der Waals surface area contributed by atoms with Gasteiger partial charge in [0.1, 0.15) is 0 Å². The molecule has 16 heavy (non-hydrogen) atoms. The quantitative estimate of drug-likeness (QED) is 0.669. The minimum Gasteiger partial charge on any atom is -0.480 e. The second-order valence-corrected chi connectivity index (χ2v) is 4.30. The molecule has 1 spiro atoms. The molecule has 1 heterocycles. The molecule has 0 atom stereocenters. The summed E-state index contributed by atoms with van der Waals surface area (Å²) < 4.78 is 10.9. The van der Waals surface area contributed by atoms with Crippen molar-refractivity contribution in [3.8, 4) is 0 Å². The standard InChI is InChI=1S/C10H14O6/c11-7(12)9(8(13)14)1-3-10(4-2-9)15-5-6-16-10/h1-6H2,(H,11,12)(H,13,14). The van der Waals surface area contributed by atoms with Crippen LogP contribution in [-0.4, -0.2) is 41.2 Å². The molecule has 90 valence electrons. The first-order chi connectivity index (χ1) is 7.51. The number of ether oxygens (including phenoxy) is 2. The van der Waals surface area contributed by atoms with E-state index in [1.54, 1.807) is 0 Å². The average molecular weight is 230 g/mol. The number of carboxylic acids is 2. The van der Waals surface area contributed by atoms with E-state index in [1.807, 2.05) is 0 Å². The van der Waals surface area contributed by atoms with Crippen LogP contribution in [-0.2, 0) is 19.1 Å². The topological polar surface area (TPSA) is 93.1 Å². The van der Waals surface area contributed by atoms with Gasteiger partial charge in [-0.3, -0.25) is 9.59 Å². The molecular weight excluding hydrogens is 216 g/mol. The van der Waals surface area contributed by atoms with Crippen LogP contribution in [0.25, 0.3) is 0 Å². The molecule has 2 fully saturated rings. The van der Waals surface area contributed by atoms with Crippen LogP contribution >= 0.6 is 0 Å². The fourth-order valence-corrected chi connectivity index (χ4v) is 2.36. The minimum atomic E-state index is -1.67. The Morgan fingerprint density at radius 2 is 1.31 bits per heavy atom. The van der Waals surface area contributed by atoms with Gasteiger partial charge in [0, 0.05) is 12.8 Å². The van der Waals surface area contributed by atoms with Gasteiger partial charge in [-0.15, -0.1) is 0 Å². The first kappa shape index (κ1) is 11.3. The molecule has 0 aromatic carbocycles. The maximum Gasteiger partial charge on any atom is 0.321 e. The highest BCUT2D eigenvalue weighted by Gasteiger charge is 2.54. The van der Waals surface area contributed by atoms with Gasteiger partial charge in [0.25, 0.3) is 0 Å². The van der Waals surface area contributed by atoms with Crippen LogP contribution in [0.1, 0.15) is 25.7 Å². The summed E-state index contributed by atoms with van der Waals surface area (Å²) in [4.78, 5) is 22.1. The van der Waals surface area contributed by atoms with Crippen molar-refractivity contribution in [2.24, 2.45) is 5.41 Å². The lowest BCUT2D eigenvalue weighted by Gasteiger charge is -2.38. The molecule has 0 unspecified atom stereocenters. The maximum absolute atomic E-state index is 11.1. The first-order valence-corrected chi connectivity index (χ1v) is 5.26. The molecule has 0 amide bonds. The molecule has 6 heteroatoms. The molecule has 0 bridgehead atoms. The highest BCUT2D eigenvalue weighted by molar-refractivity contribution is 5.98. The highest BCUT2D eigenvalue weighted by atomic mass is 16.7. The smallest absolute Gasteiger partial charge is 0.321 e. The normalized spacial score (nSPS) is 26.8. The van der Waals surface area contributed by atoms with Crippen molar-refractivity contribution in [3.05, 3.63) is 0 Å². The molecule has 6 nitrogen and oxygen atoms in total. The zero-order chi connectivity index (χ0) is 11.8. The van der Waals surface area contributed by atoms with Crippen LogP contribution in [0, 0.1) is 5.41 Å². The lowest BCUT2D eigenvalue weighted by molar-refractivity contribution is -0.202. The molecule has 1 aliphatic carbocycles. The number of hydrogen-bond donors (Lipinski definition) is 2. The number of carbonyl (C=O) groups is 2. The molecule has 0 radical (unpaired) electrons. The summed E-state index contributed by atoms with van der Waals surface area (Å²) in [5, 5.41) is 18.1. The van der Waals surface area contributed by atoms with Gasteiger partial charge in [-0.05, 0) is 12.8 Å². The molecule has 1 saturated carbocycles. The van der Waals surface area contributed by atoms with Gasteiger partial charge in [0.2, 0.25) is 0 Å². The van der Waals surface area contributed by atoms with E-state index >= 15 is 0 Å². The minimum absolute atomic E-state index is 0.0532. The SMILES string of the molecule is O=C(O)C1(C(=O)O)CCC2(CC1)OCCO2. The van der Waals surface area contributed by atoms with Crippen molar-refractivity contribution < 1.29 is 29.3 Å². The maximum atomic E-state index is 11.1. The molecule has 1 aliphatic heterocycles. The Balaban J connectivity index is 2.12. The third-order valence-electron chi connectivity index (χ3n) is 3.50. The van der Waals surface area contributed by atoms with Crippen molar-refractivity contribution >= 4 is 11.9 Å². The summed E-state index contributed by atoms with van der Waals surface area (Å²) in [6.45, 7) is 0.986. The Labute approximate surface area is 92.2 Å². The van der Waals surface area contributed by atoms with Crippen molar-refractivity contribution in [2.75, 3.05) is 13.2 Å². The Kier molecular flexibility index (Phi) is 2.63. The molecule has 0 aromatic rings. The summed E-state index contributed by atoms with van der Waals surface area (Å²) in [5.41, 5.74) is -1.67. The second kappa shape index (κ2) is 3.71. The molecule has 2 rings (SSSR count). The van der Waals surface area contributed by atoms with Gasteiger partial charge < -0.3 is 19.7 Å². The van der Waals surface area contributed by atoms with E-state index in [1.165, 1.54) is 0 Å². The molecular formula is C10H14O6. The summed E-state index contributed by atoms with van der Waals surface area (Å²) >= 11 is 0. The number of aliphatic carboxylic acids is 2. The summed E-state index contributed by atoms with van der Waals surface area (Å²) in [6.07, 6.45) is 0.756. The lowest BCUT2D eigenvalue weighted by Crippen LogP contribution is -2.47. The van der Waals surface area contributed by atoms with Crippen LogP contribution < -0.4 is 0 Å². The summed E-state index contributed by atoms with van der Waals surface area (Å²) in [7, 11) is 0. The molecule has 0 aromatic heterocycles. The van der Waals surface area contributed by atoms with E-state index in [-0.39, 0.29) is 12.8 Å². The Bertz CT molecular complexity index is 291. The van der Waals surface area contributed by atoms with Crippen LogP contribution in [0.4, 0.5) is 0 Å². The van der Waals surface area contributed by atoms with E-state index in [0.29, 0.717) is 26.1 Å². The van der Waals surface area contributed by atoms with Crippen LogP contribution in [0.5, 0.6) is 0 Å². The summed E-state index contributed by atoms with van der Waals surface area (Å²) in [6, 6.07) is 0. The molecule has 2 aliphatic rings. The molecule has 2 N–H and O–H groups in total. The van der Waals surface area contributed by atoms with Gasteiger partial charge in [-0.2, -0.15) is 0 Å². The average Bonchev–Trinajstić information content (AvgIpc) is 2.67.